The number of aryl methyl sites for hydroxylation is 1. The minimum atomic E-state index is -0.142. The third-order valence-corrected chi connectivity index (χ3v) is 4.13. The Bertz CT molecular complexity index is 809. The molecule has 2 aromatic carbocycles. The Morgan fingerprint density at radius 2 is 2.00 bits per heavy atom. The minimum absolute atomic E-state index is 0.142. The first kappa shape index (κ1) is 14.5. The van der Waals surface area contributed by atoms with E-state index in [1.54, 1.807) is 11.3 Å². The van der Waals surface area contributed by atoms with Crippen molar-refractivity contribution in [3.05, 3.63) is 53.0 Å². The molecule has 0 spiro atoms. The highest BCUT2D eigenvalue weighted by Crippen LogP contribution is 2.23. The highest BCUT2D eigenvalue weighted by atomic mass is 32.1. The molecular formula is C17H16N2O2S. The second kappa shape index (κ2) is 6.15. The summed E-state index contributed by atoms with van der Waals surface area (Å²) >= 11 is 1.63. The molecule has 112 valence electrons. The lowest BCUT2D eigenvalue weighted by molar-refractivity contribution is 0.102. The average Bonchev–Trinajstić information content (AvgIpc) is 2.88. The topological polar surface area (TPSA) is 51.2 Å². The molecule has 22 heavy (non-hydrogen) atoms. The zero-order chi connectivity index (χ0) is 15.5. The van der Waals surface area contributed by atoms with Gasteiger partial charge in [0.15, 0.2) is 0 Å². The maximum Gasteiger partial charge on any atom is 0.255 e. The summed E-state index contributed by atoms with van der Waals surface area (Å²) in [6.45, 7) is 4.52. The number of ether oxygens (including phenoxy) is 1. The van der Waals surface area contributed by atoms with E-state index < -0.39 is 0 Å². The Balaban J connectivity index is 1.77. The van der Waals surface area contributed by atoms with Crippen LogP contribution in [0.15, 0.2) is 42.5 Å². The van der Waals surface area contributed by atoms with E-state index in [2.05, 4.69) is 10.3 Å². The molecule has 4 nitrogen and oxygen atoms in total. The first-order valence-corrected chi connectivity index (χ1v) is 7.89. The second-order valence-electron chi connectivity index (χ2n) is 4.83. The maximum absolute atomic E-state index is 12.3. The van der Waals surface area contributed by atoms with Gasteiger partial charge in [-0.1, -0.05) is 0 Å². The molecule has 0 aliphatic heterocycles. The molecule has 0 aliphatic carbocycles. The van der Waals surface area contributed by atoms with Crippen LogP contribution in [0, 0.1) is 6.92 Å². The van der Waals surface area contributed by atoms with Gasteiger partial charge in [0.25, 0.3) is 5.91 Å². The summed E-state index contributed by atoms with van der Waals surface area (Å²) in [6.07, 6.45) is 0. The van der Waals surface area contributed by atoms with E-state index >= 15 is 0 Å². The summed E-state index contributed by atoms with van der Waals surface area (Å²) in [5.74, 6) is 0.650. The number of benzene rings is 2. The summed E-state index contributed by atoms with van der Waals surface area (Å²) < 4.78 is 6.47. The van der Waals surface area contributed by atoms with Gasteiger partial charge in [-0.2, -0.15) is 0 Å². The molecule has 0 atom stereocenters. The molecule has 1 aromatic heterocycles. The molecule has 0 saturated carbocycles. The SMILES string of the molecule is CCOc1ccc(NC(=O)c2ccc3sc(C)nc3c2)cc1. The molecule has 0 aliphatic rings. The van der Waals surface area contributed by atoms with Gasteiger partial charge in [-0.3, -0.25) is 4.79 Å². The highest BCUT2D eigenvalue weighted by molar-refractivity contribution is 7.18. The van der Waals surface area contributed by atoms with E-state index in [9.17, 15) is 4.79 Å². The Labute approximate surface area is 132 Å². The standard InChI is InChI=1S/C17H16N2O2S/c1-3-21-14-7-5-13(6-8-14)19-17(20)12-4-9-16-15(10-12)18-11(2)22-16/h4-10H,3H2,1-2H3,(H,19,20). The van der Waals surface area contributed by atoms with Crippen LogP contribution in [-0.2, 0) is 0 Å². The van der Waals surface area contributed by atoms with E-state index in [0.29, 0.717) is 12.2 Å². The molecule has 1 N–H and O–H groups in total. The fourth-order valence-electron chi connectivity index (χ4n) is 2.19. The van der Waals surface area contributed by atoms with Crippen molar-refractivity contribution in [2.24, 2.45) is 0 Å². The molecule has 1 amide bonds. The Morgan fingerprint density at radius 1 is 1.23 bits per heavy atom. The normalized spacial score (nSPS) is 10.6. The van der Waals surface area contributed by atoms with E-state index in [4.69, 9.17) is 4.74 Å². The number of amides is 1. The van der Waals surface area contributed by atoms with Crippen LogP contribution in [0.3, 0.4) is 0 Å². The minimum Gasteiger partial charge on any atom is -0.494 e. The van der Waals surface area contributed by atoms with Crippen molar-refractivity contribution in [1.82, 2.24) is 4.98 Å². The zero-order valence-electron chi connectivity index (χ0n) is 12.4. The number of hydrogen-bond donors (Lipinski definition) is 1. The number of nitrogens with one attached hydrogen (secondary N) is 1. The van der Waals surface area contributed by atoms with Crippen LogP contribution in [0.1, 0.15) is 22.3 Å². The van der Waals surface area contributed by atoms with Gasteiger partial charge in [0, 0.05) is 11.3 Å². The van der Waals surface area contributed by atoms with Crippen LogP contribution in [0.5, 0.6) is 5.75 Å². The van der Waals surface area contributed by atoms with Crippen molar-refractivity contribution in [3.63, 3.8) is 0 Å². The number of rotatable bonds is 4. The van der Waals surface area contributed by atoms with E-state index in [0.717, 1.165) is 26.7 Å². The Morgan fingerprint density at radius 3 is 2.73 bits per heavy atom. The van der Waals surface area contributed by atoms with Crippen LogP contribution >= 0.6 is 11.3 Å². The van der Waals surface area contributed by atoms with Gasteiger partial charge in [0.1, 0.15) is 5.75 Å². The summed E-state index contributed by atoms with van der Waals surface area (Å²) in [4.78, 5) is 16.7. The van der Waals surface area contributed by atoms with Gasteiger partial charge >= 0.3 is 0 Å². The summed E-state index contributed by atoms with van der Waals surface area (Å²) in [6, 6.07) is 12.9. The molecule has 0 bridgehead atoms. The van der Waals surface area contributed by atoms with Crippen LogP contribution in [0.2, 0.25) is 0 Å². The van der Waals surface area contributed by atoms with Gasteiger partial charge < -0.3 is 10.1 Å². The smallest absolute Gasteiger partial charge is 0.255 e. The fraction of sp³-hybridized carbons (Fsp3) is 0.176. The summed E-state index contributed by atoms with van der Waals surface area (Å²) in [5, 5.41) is 3.88. The zero-order valence-corrected chi connectivity index (χ0v) is 13.2. The van der Waals surface area contributed by atoms with Gasteiger partial charge in [0.05, 0.1) is 21.8 Å². The molecular weight excluding hydrogens is 296 g/mol. The first-order valence-electron chi connectivity index (χ1n) is 7.07. The number of aromatic nitrogens is 1. The number of nitrogens with zero attached hydrogens (tertiary/aromatic N) is 1. The fourth-order valence-corrected chi connectivity index (χ4v) is 3.00. The molecule has 0 fully saturated rings. The first-order chi connectivity index (χ1) is 10.7. The van der Waals surface area contributed by atoms with Gasteiger partial charge in [0.2, 0.25) is 0 Å². The second-order valence-corrected chi connectivity index (χ2v) is 6.06. The predicted octanol–water partition coefficient (Wildman–Crippen LogP) is 4.26. The molecule has 1 heterocycles. The van der Waals surface area contributed by atoms with E-state index in [1.165, 1.54) is 0 Å². The van der Waals surface area contributed by atoms with Crippen LogP contribution in [0.25, 0.3) is 10.2 Å². The number of fused-ring (bicyclic) bond motifs is 1. The molecule has 0 radical (unpaired) electrons. The van der Waals surface area contributed by atoms with Gasteiger partial charge in [-0.25, -0.2) is 4.98 Å². The summed E-state index contributed by atoms with van der Waals surface area (Å²) in [7, 11) is 0. The van der Waals surface area contributed by atoms with Crippen molar-refractivity contribution in [2.75, 3.05) is 11.9 Å². The largest absolute Gasteiger partial charge is 0.494 e. The van der Waals surface area contributed by atoms with Crippen LogP contribution < -0.4 is 10.1 Å². The number of carbonyl (C=O) groups is 1. The van der Waals surface area contributed by atoms with Crippen molar-refractivity contribution in [2.45, 2.75) is 13.8 Å². The van der Waals surface area contributed by atoms with Crippen LogP contribution in [0.4, 0.5) is 5.69 Å². The Hall–Kier alpha value is -2.40. The van der Waals surface area contributed by atoms with Gasteiger partial charge in [-0.15, -0.1) is 11.3 Å². The maximum atomic E-state index is 12.3. The molecule has 3 aromatic rings. The predicted molar refractivity (Wildman–Crippen MR) is 89.9 cm³/mol. The van der Waals surface area contributed by atoms with Crippen molar-refractivity contribution in [1.29, 1.82) is 0 Å². The molecule has 3 rings (SSSR count). The average molecular weight is 312 g/mol. The third kappa shape index (κ3) is 3.09. The Kier molecular flexibility index (Phi) is 4.06. The van der Waals surface area contributed by atoms with E-state index in [-0.39, 0.29) is 5.91 Å². The number of hydrogen-bond acceptors (Lipinski definition) is 4. The number of carbonyl (C=O) groups excluding carboxylic acids is 1. The molecule has 0 saturated heterocycles. The van der Waals surface area contributed by atoms with E-state index in [1.807, 2.05) is 56.3 Å². The number of thiazole rings is 1. The van der Waals surface area contributed by atoms with Gasteiger partial charge in [-0.05, 0) is 56.3 Å². The number of anilines is 1. The highest BCUT2D eigenvalue weighted by Gasteiger charge is 2.09. The third-order valence-electron chi connectivity index (χ3n) is 3.18. The lowest BCUT2D eigenvalue weighted by atomic mass is 10.2. The quantitative estimate of drug-likeness (QED) is 0.783. The lowest BCUT2D eigenvalue weighted by Crippen LogP contribution is -2.11. The van der Waals surface area contributed by atoms with Crippen molar-refractivity contribution < 1.29 is 9.53 Å². The lowest BCUT2D eigenvalue weighted by Gasteiger charge is -2.07. The van der Waals surface area contributed by atoms with Crippen molar-refractivity contribution >= 4 is 33.1 Å². The monoisotopic (exact) mass is 312 g/mol. The summed E-state index contributed by atoms with van der Waals surface area (Å²) in [5.41, 5.74) is 2.21. The van der Waals surface area contributed by atoms with Crippen molar-refractivity contribution in [3.8, 4) is 5.75 Å². The van der Waals surface area contributed by atoms with Crippen LogP contribution in [-0.4, -0.2) is 17.5 Å². The molecule has 0 unspecified atom stereocenters. The molecule has 5 heteroatoms.